The number of hydrogen-bond acceptors (Lipinski definition) is 1. The lowest BCUT2D eigenvalue weighted by Gasteiger charge is -2.18. The normalized spacial score (nSPS) is 12.6. The van der Waals surface area contributed by atoms with E-state index >= 15 is 0 Å². The van der Waals surface area contributed by atoms with Crippen molar-refractivity contribution in [3.63, 3.8) is 0 Å². The van der Waals surface area contributed by atoms with Gasteiger partial charge in [0.15, 0.2) is 0 Å². The number of halogens is 9. The molecule has 3 rings (SSSR count). The summed E-state index contributed by atoms with van der Waals surface area (Å²) in [5, 5.41) is 9.69. The highest BCUT2D eigenvalue weighted by Gasteiger charge is 2.35. The molecule has 0 bridgehead atoms. The van der Waals surface area contributed by atoms with Crippen LogP contribution in [0.3, 0.4) is 0 Å². The molecule has 0 atom stereocenters. The molecule has 0 heterocycles. The van der Waals surface area contributed by atoms with E-state index in [1.54, 1.807) is 0 Å². The zero-order valence-electron chi connectivity index (χ0n) is 16.0. The van der Waals surface area contributed by atoms with Crippen LogP contribution in [-0.4, -0.2) is 11.1 Å². The van der Waals surface area contributed by atoms with E-state index in [0.717, 1.165) is 24.3 Å². The SMILES string of the molecule is O=C(O)c1c(-c2ccc(C(F)(F)F)cc2)cc(C(F)(F)F)cc1-c1ccc(C(F)(F)F)cc1. The molecular formula is C22H11F9O2. The summed E-state index contributed by atoms with van der Waals surface area (Å²) in [4.78, 5) is 12.0. The summed E-state index contributed by atoms with van der Waals surface area (Å²) >= 11 is 0. The monoisotopic (exact) mass is 478 g/mol. The van der Waals surface area contributed by atoms with Crippen molar-refractivity contribution in [1.29, 1.82) is 0 Å². The molecule has 1 N–H and O–H groups in total. The number of hydrogen-bond donors (Lipinski definition) is 1. The molecule has 174 valence electrons. The van der Waals surface area contributed by atoms with Crippen molar-refractivity contribution in [2.45, 2.75) is 18.5 Å². The molecule has 0 aliphatic rings. The molecule has 0 unspecified atom stereocenters. The molecular weight excluding hydrogens is 467 g/mol. The minimum atomic E-state index is -4.97. The number of benzene rings is 3. The molecule has 11 heteroatoms. The summed E-state index contributed by atoms with van der Waals surface area (Å²) in [6.45, 7) is 0. The van der Waals surface area contributed by atoms with Crippen LogP contribution in [0.5, 0.6) is 0 Å². The van der Waals surface area contributed by atoms with Gasteiger partial charge in [0.25, 0.3) is 0 Å². The molecule has 0 aromatic heterocycles. The van der Waals surface area contributed by atoms with E-state index in [1.165, 1.54) is 0 Å². The summed E-state index contributed by atoms with van der Waals surface area (Å²) in [6, 6.07) is 6.56. The summed E-state index contributed by atoms with van der Waals surface area (Å²) in [7, 11) is 0. The average molecular weight is 478 g/mol. The van der Waals surface area contributed by atoms with Crippen LogP contribution in [0.1, 0.15) is 27.0 Å². The van der Waals surface area contributed by atoms with Gasteiger partial charge in [0.2, 0.25) is 0 Å². The molecule has 3 aromatic carbocycles. The second-order valence-electron chi connectivity index (χ2n) is 6.90. The maximum absolute atomic E-state index is 13.5. The molecule has 0 spiro atoms. The molecule has 0 amide bonds. The molecule has 33 heavy (non-hydrogen) atoms. The maximum atomic E-state index is 13.5. The van der Waals surface area contributed by atoms with E-state index in [9.17, 15) is 49.4 Å². The lowest BCUT2D eigenvalue weighted by molar-refractivity contribution is -0.138. The van der Waals surface area contributed by atoms with Crippen molar-refractivity contribution in [1.82, 2.24) is 0 Å². The minimum absolute atomic E-state index is 0.250. The molecule has 3 aromatic rings. The lowest BCUT2D eigenvalue weighted by atomic mass is 9.89. The summed E-state index contributed by atoms with van der Waals surface area (Å²) in [5.41, 5.74) is -5.81. The van der Waals surface area contributed by atoms with Crippen molar-refractivity contribution in [3.8, 4) is 22.3 Å². The molecule has 0 radical (unpaired) electrons. The maximum Gasteiger partial charge on any atom is 0.416 e. The Hall–Kier alpha value is -3.50. The first-order chi connectivity index (χ1) is 15.1. The Morgan fingerprint density at radius 1 is 0.545 bits per heavy atom. The number of aromatic carboxylic acids is 1. The van der Waals surface area contributed by atoms with Crippen molar-refractivity contribution < 1.29 is 49.4 Å². The molecule has 0 saturated heterocycles. The smallest absolute Gasteiger partial charge is 0.416 e. The van der Waals surface area contributed by atoms with E-state index in [1.807, 2.05) is 0 Å². The second-order valence-corrected chi connectivity index (χ2v) is 6.90. The van der Waals surface area contributed by atoms with Crippen LogP contribution < -0.4 is 0 Å². The first kappa shape index (κ1) is 24.1. The van der Waals surface area contributed by atoms with Crippen LogP contribution in [0.2, 0.25) is 0 Å². The van der Waals surface area contributed by atoms with Gasteiger partial charge in [0, 0.05) is 0 Å². The second kappa shape index (κ2) is 8.13. The van der Waals surface area contributed by atoms with E-state index in [4.69, 9.17) is 0 Å². The molecule has 0 saturated carbocycles. The highest BCUT2D eigenvalue weighted by molar-refractivity contribution is 6.03. The van der Waals surface area contributed by atoms with Crippen molar-refractivity contribution in [2.75, 3.05) is 0 Å². The number of carboxylic acid groups (broad SMARTS) is 1. The molecule has 0 fully saturated rings. The summed E-state index contributed by atoms with van der Waals surface area (Å²) in [6.07, 6.45) is -14.4. The number of carboxylic acids is 1. The Morgan fingerprint density at radius 3 is 1.09 bits per heavy atom. The molecule has 2 nitrogen and oxygen atoms in total. The standard InChI is InChI=1S/C22H11F9O2/c23-20(24,25)13-5-1-11(2-6-13)16-9-15(22(29,30)31)10-17(18(16)19(32)33)12-3-7-14(8-4-12)21(26,27)28/h1-10H,(H,32,33). The molecule has 0 aliphatic carbocycles. The van der Waals surface area contributed by atoms with Gasteiger partial charge in [-0.1, -0.05) is 24.3 Å². The minimum Gasteiger partial charge on any atom is -0.478 e. The van der Waals surface area contributed by atoms with Gasteiger partial charge in [-0.2, -0.15) is 39.5 Å². The third kappa shape index (κ3) is 5.12. The van der Waals surface area contributed by atoms with Crippen LogP contribution in [0.4, 0.5) is 39.5 Å². The predicted molar refractivity (Wildman–Crippen MR) is 99.3 cm³/mol. The van der Waals surface area contributed by atoms with E-state index < -0.39 is 57.9 Å². The van der Waals surface area contributed by atoms with Crippen LogP contribution in [0.25, 0.3) is 22.3 Å². The molecule has 0 aliphatic heterocycles. The van der Waals surface area contributed by atoms with Crippen molar-refractivity contribution in [3.05, 3.63) is 82.9 Å². The Balaban J connectivity index is 2.29. The number of alkyl halides is 9. The highest BCUT2D eigenvalue weighted by Crippen LogP contribution is 2.41. The lowest BCUT2D eigenvalue weighted by Crippen LogP contribution is -2.10. The highest BCUT2D eigenvalue weighted by atomic mass is 19.4. The largest absolute Gasteiger partial charge is 0.478 e. The van der Waals surface area contributed by atoms with Crippen LogP contribution >= 0.6 is 0 Å². The van der Waals surface area contributed by atoms with E-state index in [2.05, 4.69) is 0 Å². The van der Waals surface area contributed by atoms with Gasteiger partial charge in [-0.25, -0.2) is 4.79 Å². The van der Waals surface area contributed by atoms with E-state index in [0.29, 0.717) is 36.4 Å². The van der Waals surface area contributed by atoms with Gasteiger partial charge in [-0.05, 0) is 58.7 Å². The first-order valence-corrected chi connectivity index (χ1v) is 8.93. The van der Waals surface area contributed by atoms with Crippen molar-refractivity contribution in [2.24, 2.45) is 0 Å². The third-order valence-electron chi connectivity index (χ3n) is 4.73. The van der Waals surface area contributed by atoms with Gasteiger partial charge in [0.05, 0.1) is 22.3 Å². The Labute approximate surface area is 179 Å². The zero-order chi connectivity index (χ0) is 24.8. The first-order valence-electron chi connectivity index (χ1n) is 8.93. The van der Waals surface area contributed by atoms with Gasteiger partial charge in [0.1, 0.15) is 0 Å². The van der Waals surface area contributed by atoms with Crippen LogP contribution in [0, 0.1) is 0 Å². The summed E-state index contributed by atoms with van der Waals surface area (Å²) < 4.78 is 117. The van der Waals surface area contributed by atoms with Gasteiger partial charge < -0.3 is 5.11 Å². The number of rotatable bonds is 3. The topological polar surface area (TPSA) is 37.3 Å². The van der Waals surface area contributed by atoms with Crippen LogP contribution in [-0.2, 0) is 18.5 Å². The predicted octanol–water partition coefficient (Wildman–Crippen LogP) is 7.78. The van der Waals surface area contributed by atoms with Crippen LogP contribution in [0.15, 0.2) is 60.7 Å². The van der Waals surface area contributed by atoms with Gasteiger partial charge in [-0.3, -0.25) is 0 Å². The fourth-order valence-corrected chi connectivity index (χ4v) is 3.17. The van der Waals surface area contributed by atoms with E-state index in [-0.39, 0.29) is 11.1 Å². The fourth-order valence-electron chi connectivity index (χ4n) is 3.17. The van der Waals surface area contributed by atoms with Crippen molar-refractivity contribution >= 4 is 5.97 Å². The zero-order valence-corrected chi connectivity index (χ0v) is 16.0. The Bertz CT molecular complexity index is 1090. The van der Waals surface area contributed by atoms with Gasteiger partial charge in [-0.15, -0.1) is 0 Å². The Morgan fingerprint density at radius 2 is 0.848 bits per heavy atom. The quantitative estimate of drug-likeness (QED) is 0.391. The fraction of sp³-hybridized carbons (Fsp3) is 0.136. The third-order valence-corrected chi connectivity index (χ3v) is 4.73. The Kier molecular flexibility index (Phi) is 5.95. The summed E-state index contributed by atoms with van der Waals surface area (Å²) in [5.74, 6) is -1.71. The number of carbonyl (C=O) groups is 1. The van der Waals surface area contributed by atoms with Gasteiger partial charge >= 0.3 is 24.5 Å². The average Bonchev–Trinajstić information content (AvgIpc) is 2.71.